The van der Waals surface area contributed by atoms with E-state index >= 15 is 0 Å². The van der Waals surface area contributed by atoms with Crippen molar-refractivity contribution in [3.05, 3.63) is 48.0 Å². The van der Waals surface area contributed by atoms with E-state index in [1.807, 2.05) is 38.2 Å². The van der Waals surface area contributed by atoms with Crippen LogP contribution in [0.25, 0.3) is 0 Å². The molecule has 88 valence electrons. The highest BCUT2D eigenvalue weighted by atomic mass is 16.5. The maximum atomic E-state index is 5.62. The van der Waals surface area contributed by atoms with Crippen LogP contribution in [-0.2, 0) is 6.54 Å². The summed E-state index contributed by atoms with van der Waals surface area (Å²) < 4.78 is 5.62. The molecule has 4 heteroatoms. The quantitative estimate of drug-likeness (QED) is 0.873. The molecular weight excluding hydrogens is 214 g/mol. The summed E-state index contributed by atoms with van der Waals surface area (Å²) in [4.78, 5) is 8.15. The van der Waals surface area contributed by atoms with Crippen LogP contribution >= 0.6 is 0 Å². The summed E-state index contributed by atoms with van der Waals surface area (Å²) in [5.41, 5.74) is 1.22. The Kier molecular flexibility index (Phi) is 3.67. The standard InChI is InChI=1S/C13H15N3O/c1-10-15-8-13(9-16-10)17-12-5-3-11(4-6-12)7-14-2/h3-6,8-9,14H,7H2,1-2H3. The molecule has 0 amide bonds. The first-order valence-electron chi connectivity index (χ1n) is 5.48. The fourth-order valence-electron chi connectivity index (χ4n) is 1.45. The molecule has 4 nitrogen and oxygen atoms in total. The second kappa shape index (κ2) is 5.41. The summed E-state index contributed by atoms with van der Waals surface area (Å²) in [6, 6.07) is 7.93. The first-order chi connectivity index (χ1) is 8.28. The van der Waals surface area contributed by atoms with Crippen molar-refractivity contribution < 1.29 is 4.74 Å². The minimum absolute atomic E-state index is 0.650. The Hall–Kier alpha value is -1.94. The molecule has 0 fully saturated rings. The fraction of sp³-hybridized carbons (Fsp3) is 0.231. The summed E-state index contributed by atoms with van der Waals surface area (Å²) >= 11 is 0. The van der Waals surface area contributed by atoms with Gasteiger partial charge in [0.15, 0.2) is 5.75 Å². The molecule has 0 unspecified atom stereocenters. The number of nitrogens with one attached hydrogen (secondary N) is 1. The lowest BCUT2D eigenvalue weighted by Crippen LogP contribution is -2.04. The first-order valence-corrected chi connectivity index (χ1v) is 5.48. The molecule has 2 aromatic rings. The van der Waals surface area contributed by atoms with Gasteiger partial charge in [0.1, 0.15) is 11.6 Å². The van der Waals surface area contributed by atoms with E-state index in [2.05, 4.69) is 15.3 Å². The lowest BCUT2D eigenvalue weighted by Gasteiger charge is -2.06. The second-order valence-electron chi connectivity index (χ2n) is 3.74. The Morgan fingerprint density at radius 3 is 2.29 bits per heavy atom. The second-order valence-corrected chi connectivity index (χ2v) is 3.74. The van der Waals surface area contributed by atoms with E-state index in [0.717, 1.165) is 18.1 Å². The molecule has 0 aliphatic carbocycles. The van der Waals surface area contributed by atoms with E-state index in [1.165, 1.54) is 5.56 Å². The minimum Gasteiger partial charge on any atom is -0.454 e. The van der Waals surface area contributed by atoms with Gasteiger partial charge < -0.3 is 10.1 Å². The maximum Gasteiger partial charge on any atom is 0.164 e. The highest BCUT2D eigenvalue weighted by Gasteiger charge is 1.98. The normalized spacial score (nSPS) is 10.2. The van der Waals surface area contributed by atoms with Gasteiger partial charge in [0.2, 0.25) is 0 Å². The lowest BCUT2D eigenvalue weighted by atomic mass is 10.2. The van der Waals surface area contributed by atoms with Crippen LogP contribution in [-0.4, -0.2) is 17.0 Å². The van der Waals surface area contributed by atoms with Crippen LogP contribution < -0.4 is 10.1 Å². The van der Waals surface area contributed by atoms with Crippen LogP contribution in [0.15, 0.2) is 36.7 Å². The average Bonchev–Trinajstić information content (AvgIpc) is 2.35. The van der Waals surface area contributed by atoms with E-state index in [0.29, 0.717) is 5.75 Å². The average molecular weight is 229 g/mol. The number of ether oxygens (including phenoxy) is 1. The van der Waals surface area contributed by atoms with Gasteiger partial charge in [-0.1, -0.05) is 12.1 Å². The molecule has 1 aromatic carbocycles. The highest BCUT2D eigenvalue weighted by Crippen LogP contribution is 2.20. The molecule has 0 spiro atoms. The van der Waals surface area contributed by atoms with Crippen LogP contribution in [0.4, 0.5) is 0 Å². The number of benzene rings is 1. The van der Waals surface area contributed by atoms with Crippen LogP contribution in [0, 0.1) is 6.92 Å². The summed E-state index contributed by atoms with van der Waals surface area (Å²) in [7, 11) is 1.92. The molecule has 0 aliphatic heterocycles. The van der Waals surface area contributed by atoms with Crippen LogP contribution in [0.1, 0.15) is 11.4 Å². The van der Waals surface area contributed by atoms with Gasteiger partial charge in [0.25, 0.3) is 0 Å². The molecule has 0 radical (unpaired) electrons. The van der Waals surface area contributed by atoms with Crippen molar-refractivity contribution in [2.45, 2.75) is 13.5 Å². The topological polar surface area (TPSA) is 47.0 Å². The Morgan fingerprint density at radius 2 is 1.71 bits per heavy atom. The van der Waals surface area contributed by atoms with Crippen LogP contribution in [0.5, 0.6) is 11.5 Å². The molecule has 17 heavy (non-hydrogen) atoms. The first kappa shape index (κ1) is 11.5. The van der Waals surface area contributed by atoms with Crippen molar-refractivity contribution >= 4 is 0 Å². The van der Waals surface area contributed by atoms with Crippen molar-refractivity contribution in [3.8, 4) is 11.5 Å². The third-order valence-electron chi connectivity index (χ3n) is 2.30. The van der Waals surface area contributed by atoms with Crippen molar-refractivity contribution in [2.24, 2.45) is 0 Å². The number of rotatable bonds is 4. The van der Waals surface area contributed by atoms with E-state index < -0.39 is 0 Å². The number of hydrogen-bond donors (Lipinski definition) is 1. The van der Waals surface area contributed by atoms with Gasteiger partial charge in [-0.05, 0) is 31.7 Å². The predicted molar refractivity (Wildman–Crippen MR) is 66.0 cm³/mol. The Balaban J connectivity index is 2.05. The molecule has 2 rings (SSSR count). The number of hydrogen-bond acceptors (Lipinski definition) is 4. The zero-order chi connectivity index (χ0) is 12.1. The van der Waals surface area contributed by atoms with Gasteiger partial charge in [-0.2, -0.15) is 0 Å². The zero-order valence-corrected chi connectivity index (χ0v) is 9.97. The summed E-state index contributed by atoms with van der Waals surface area (Å²) in [6.45, 7) is 2.70. The largest absolute Gasteiger partial charge is 0.454 e. The summed E-state index contributed by atoms with van der Waals surface area (Å²) in [5, 5.41) is 3.10. The SMILES string of the molecule is CNCc1ccc(Oc2cnc(C)nc2)cc1. The van der Waals surface area contributed by atoms with Gasteiger partial charge in [-0.25, -0.2) is 9.97 Å². The van der Waals surface area contributed by atoms with E-state index in [-0.39, 0.29) is 0 Å². The highest BCUT2D eigenvalue weighted by molar-refractivity contribution is 5.31. The zero-order valence-electron chi connectivity index (χ0n) is 9.97. The lowest BCUT2D eigenvalue weighted by molar-refractivity contribution is 0.476. The monoisotopic (exact) mass is 229 g/mol. The summed E-state index contributed by atoms with van der Waals surface area (Å²) in [6.07, 6.45) is 3.34. The van der Waals surface area contributed by atoms with Gasteiger partial charge in [-0.3, -0.25) is 0 Å². The minimum atomic E-state index is 0.650. The van der Waals surface area contributed by atoms with Gasteiger partial charge >= 0.3 is 0 Å². The molecule has 0 saturated heterocycles. The molecule has 1 aromatic heterocycles. The van der Waals surface area contributed by atoms with E-state index in [1.54, 1.807) is 12.4 Å². The van der Waals surface area contributed by atoms with Crippen LogP contribution in [0.2, 0.25) is 0 Å². The predicted octanol–water partition coefficient (Wildman–Crippen LogP) is 2.30. The molecule has 1 heterocycles. The number of aromatic nitrogens is 2. The smallest absolute Gasteiger partial charge is 0.164 e. The van der Waals surface area contributed by atoms with Crippen LogP contribution in [0.3, 0.4) is 0 Å². The van der Waals surface area contributed by atoms with Crippen molar-refractivity contribution in [3.63, 3.8) is 0 Å². The number of aryl methyl sites for hydroxylation is 1. The van der Waals surface area contributed by atoms with Gasteiger partial charge in [0.05, 0.1) is 12.4 Å². The molecular formula is C13H15N3O. The Morgan fingerprint density at radius 1 is 1.06 bits per heavy atom. The van der Waals surface area contributed by atoms with Gasteiger partial charge in [0, 0.05) is 6.54 Å². The van der Waals surface area contributed by atoms with E-state index in [4.69, 9.17) is 4.74 Å². The van der Waals surface area contributed by atoms with Crippen molar-refractivity contribution in [1.82, 2.24) is 15.3 Å². The van der Waals surface area contributed by atoms with E-state index in [9.17, 15) is 0 Å². The van der Waals surface area contributed by atoms with Gasteiger partial charge in [-0.15, -0.1) is 0 Å². The number of nitrogens with zero attached hydrogens (tertiary/aromatic N) is 2. The molecule has 0 saturated carbocycles. The third-order valence-corrected chi connectivity index (χ3v) is 2.30. The Bertz CT molecular complexity index is 465. The summed E-state index contributed by atoms with van der Waals surface area (Å²) in [5.74, 6) is 2.18. The Labute approximate surface area is 101 Å². The van der Waals surface area contributed by atoms with Crippen molar-refractivity contribution in [2.75, 3.05) is 7.05 Å². The fourth-order valence-corrected chi connectivity index (χ4v) is 1.45. The molecule has 0 aliphatic rings. The maximum absolute atomic E-state index is 5.62. The van der Waals surface area contributed by atoms with Crippen molar-refractivity contribution in [1.29, 1.82) is 0 Å². The molecule has 0 bridgehead atoms. The third kappa shape index (κ3) is 3.26. The molecule has 1 N–H and O–H groups in total. The molecule has 0 atom stereocenters.